The van der Waals surface area contributed by atoms with Crippen LogP contribution in [0.5, 0.6) is 0 Å². The molecule has 2 N–H and O–H groups in total. The Morgan fingerprint density at radius 1 is 0.761 bits per heavy atom. The van der Waals surface area contributed by atoms with Crippen molar-refractivity contribution in [3.63, 3.8) is 0 Å². The molecule has 0 bridgehead atoms. The Labute approximate surface area is 270 Å². The lowest BCUT2D eigenvalue weighted by Crippen LogP contribution is -2.40. The fraction of sp³-hybridized carbons (Fsp3) is 0.122. The summed E-state index contributed by atoms with van der Waals surface area (Å²) in [5, 5.41) is 2.38. The molecule has 0 fully saturated rings. The number of aromatic nitrogens is 1. The van der Waals surface area contributed by atoms with Gasteiger partial charge in [-0.15, -0.1) is 0 Å². The number of nitrogens with two attached hydrogens (primary N) is 1. The van der Waals surface area contributed by atoms with E-state index in [9.17, 15) is 0 Å². The SMILES string of the molecule is C=C1/C=C\CCCN(/C(N)=N/C(=N\Cc2ccccc2)c2ccccc2)c2c(ccc3c4ccccc4n(-c4ccccc4)c23)C1. The molecule has 0 atom stereocenters. The third-order valence-electron chi connectivity index (χ3n) is 8.48. The molecule has 0 saturated heterocycles. The van der Waals surface area contributed by atoms with Gasteiger partial charge in [-0.3, -0.25) is 4.99 Å². The number of amidine groups is 1. The van der Waals surface area contributed by atoms with Crippen LogP contribution >= 0.6 is 0 Å². The molecule has 5 heteroatoms. The molecule has 7 rings (SSSR count). The predicted molar refractivity (Wildman–Crippen MR) is 194 cm³/mol. The normalized spacial score (nSPS) is 15.2. The minimum atomic E-state index is 0.421. The summed E-state index contributed by atoms with van der Waals surface area (Å²) in [7, 11) is 0. The van der Waals surface area contributed by atoms with E-state index in [1.165, 1.54) is 10.8 Å². The molecule has 1 aliphatic rings. The number of hydrogen-bond acceptors (Lipinski definition) is 1. The largest absolute Gasteiger partial charge is 0.369 e. The number of allylic oxidation sites excluding steroid dienone is 3. The summed E-state index contributed by atoms with van der Waals surface area (Å²) in [6.07, 6.45) is 6.91. The predicted octanol–water partition coefficient (Wildman–Crippen LogP) is 9.00. The molecular formula is C41H37N5. The van der Waals surface area contributed by atoms with Crippen LogP contribution in [0, 0.1) is 0 Å². The molecule has 46 heavy (non-hydrogen) atoms. The molecule has 0 spiro atoms. The van der Waals surface area contributed by atoms with Gasteiger partial charge < -0.3 is 15.2 Å². The van der Waals surface area contributed by atoms with Crippen molar-refractivity contribution < 1.29 is 0 Å². The molecule has 226 valence electrons. The lowest BCUT2D eigenvalue weighted by atomic mass is 9.99. The second-order valence-corrected chi connectivity index (χ2v) is 11.7. The Morgan fingerprint density at radius 3 is 2.24 bits per heavy atom. The van der Waals surface area contributed by atoms with Crippen molar-refractivity contribution in [3.8, 4) is 5.69 Å². The van der Waals surface area contributed by atoms with Crippen LogP contribution in [0.25, 0.3) is 27.5 Å². The van der Waals surface area contributed by atoms with E-state index in [2.05, 4.69) is 107 Å². The molecule has 0 unspecified atom stereocenters. The van der Waals surface area contributed by atoms with Gasteiger partial charge in [-0.2, -0.15) is 4.99 Å². The van der Waals surface area contributed by atoms with E-state index in [0.717, 1.165) is 57.5 Å². The molecule has 0 aliphatic carbocycles. The highest BCUT2D eigenvalue weighted by atomic mass is 15.3. The number of hydrogen-bond donors (Lipinski definition) is 1. The van der Waals surface area contributed by atoms with Crippen LogP contribution < -0.4 is 10.6 Å². The van der Waals surface area contributed by atoms with Crippen LogP contribution in [0.1, 0.15) is 29.5 Å². The number of aliphatic imine (C=N–C) groups is 2. The third kappa shape index (κ3) is 5.87. The maximum atomic E-state index is 7.14. The van der Waals surface area contributed by atoms with E-state index in [1.807, 2.05) is 48.5 Å². The van der Waals surface area contributed by atoms with Crippen molar-refractivity contribution in [1.82, 2.24) is 4.57 Å². The number of anilines is 1. The zero-order valence-electron chi connectivity index (χ0n) is 25.9. The van der Waals surface area contributed by atoms with Crippen LogP contribution in [-0.4, -0.2) is 22.9 Å². The van der Waals surface area contributed by atoms with E-state index in [4.69, 9.17) is 15.7 Å². The Hall–Kier alpha value is -5.68. The van der Waals surface area contributed by atoms with Crippen molar-refractivity contribution >= 4 is 39.3 Å². The van der Waals surface area contributed by atoms with Gasteiger partial charge in [-0.25, -0.2) is 0 Å². The Morgan fingerprint density at radius 2 is 1.46 bits per heavy atom. The first-order valence-corrected chi connectivity index (χ1v) is 15.9. The molecule has 2 heterocycles. The summed E-state index contributed by atoms with van der Waals surface area (Å²) >= 11 is 0. The minimum Gasteiger partial charge on any atom is -0.369 e. The average molecular weight is 600 g/mol. The lowest BCUT2D eigenvalue weighted by Gasteiger charge is -2.29. The Bertz CT molecular complexity index is 2090. The third-order valence-corrected chi connectivity index (χ3v) is 8.48. The summed E-state index contributed by atoms with van der Waals surface area (Å²) < 4.78 is 2.37. The molecule has 5 aromatic carbocycles. The Kier molecular flexibility index (Phi) is 8.29. The molecule has 6 aromatic rings. The van der Waals surface area contributed by atoms with Gasteiger partial charge in [0.15, 0.2) is 5.84 Å². The number of para-hydroxylation sites is 2. The van der Waals surface area contributed by atoms with E-state index in [1.54, 1.807) is 0 Å². The van der Waals surface area contributed by atoms with Gasteiger partial charge in [0.2, 0.25) is 5.96 Å². The monoisotopic (exact) mass is 599 g/mol. The van der Waals surface area contributed by atoms with Gasteiger partial charge in [0, 0.05) is 28.6 Å². The fourth-order valence-corrected chi connectivity index (χ4v) is 6.33. The van der Waals surface area contributed by atoms with Crippen LogP contribution in [-0.2, 0) is 13.0 Å². The van der Waals surface area contributed by atoms with Gasteiger partial charge in [0.05, 0.1) is 23.3 Å². The standard InChI is InChI=1S/C41H37N5/c1-30-16-6-5-15-27-45(41(42)44-40(32-19-9-3-10-20-32)43-29-31-17-7-2-8-18-31)38-33(28-30)25-26-36-35-23-13-14-24-37(35)46(39(36)38)34-21-11-4-12-22-34/h2-4,6-14,16-26H,1,5,15,27-29H2,(H2,42,43,44)/b16-6-. The average Bonchev–Trinajstić information content (AvgIpc) is 3.44. The summed E-state index contributed by atoms with van der Waals surface area (Å²) in [6, 6.07) is 44.0. The van der Waals surface area contributed by atoms with Crippen molar-refractivity contribution in [2.24, 2.45) is 15.7 Å². The topological polar surface area (TPSA) is 58.9 Å². The number of benzene rings is 5. The van der Waals surface area contributed by atoms with Gasteiger partial charge in [0.25, 0.3) is 0 Å². The van der Waals surface area contributed by atoms with E-state index < -0.39 is 0 Å². The van der Waals surface area contributed by atoms with E-state index in [0.29, 0.717) is 31.3 Å². The number of guanidine groups is 1. The highest BCUT2D eigenvalue weighted by Gasteiger charge is 2.25. The fourth-order valence-electron chi connectivity index (χ4n) is 6.33. The highest BCUT2D eigenvalue weighted by molar-refractivity contribution is 6.17. The van der Waals surface area contributed by atoms with Crippen LogP contribution in [0.3, 0.4) is 0 Å². The van der Waals surface area contributed by atoms with Crippen LogP contribution in [0.2, 0.25) is 0 Å². The van der Waals surface area contributed by atoms with Gasteiger partial charge in [-0.05, 0) is 48.6 Å². The summed E-state index contributed by atoms with van der Waals surface area (Å²) in [5.41, 5.74) is 15.8. The molecule has 5 nitrogen and oxygen atoms in total. The maximum Gasteiger partial charge on any atom is 0.202 e. The first kappa shape index (κ1) is 29.1. The second kappa shape index (κ2) is 13.1. The summed E-state index contributed by atoms with van der Waals surface area (Å²) in [5.74, 6) is 1.03. The van der Waals surface area contributed by atoms with Crippen molar-refractivity contribution in [2.45, 2.75) is 25.8 Å². The first-order chi connectivity index (χ1) is 22.7. The highest BCUT2D eigenvalue weighted by Crippen LogP contribution is 2.41. The van der Waals surface area contributed by atoms with Crippen molar-refractivity contribution in [2.75, 3.05) is 11.4 Å². The van der Waals surface area contributed by atoms with Crippen LogP contribution in [0.15, 0.2) is 162 Å². The number of fused-ring (bicyclic) bond motifs is 5. The zero-order chi connectivity index (χ0) is 31.3. The second-order valence-electron chi connectivity index (χ2n) is 11.7. The number of nitrogens with zero attached hydrogens (tertiary/aromatic N) is 4. The zero-order valence-corrected chi connectivity index (χ0v) is 25.9. The number of rotatable bonds is 4. The molecule has 1 aromatic heterocycles. The van der Waals surface area contributed by atoms with E-state index >= 15 is 0 Å². The molecule has 0 amide bonds. The minimum absolute atomic E-state index is 0.421. The van der Waals surface area contributed by atoms with Crippen molar-refractivity contribution in [1.29, 1.82) is 0 Å². The molecule has 0 saturated carbocycles. The molecule has 1 aliphatic heterocycles. The quantitative estimate of drug-likeness (QED) is 0.162. The smallest absolute Gasteiger partial charge is 0.202 e. The first-order valence-electron chi connectivity index (χ1n) is 15.9. The summed E-state index contributed by atoms with van der Waals surface area (Å²) in [4.78, 5) is 12.3. The van der Waals surface area contributed by atoms with Gasteiger partial charge >= 0.3 is 0 Å². The summed E-state index contributed by atoms with van der Waals surface area (Å²) in [6.45, 7) is 5.62. The van der Waals surface area contributed by atoms with Crippen molar-refractivity contribution in [3.05, 3.63) is 168 Å². The van der Waals surface area contributed by atoms with E-state index in [-0.39, 0.29) is 0 Å². The molecule has 0 radical (unpaired) electrons. The lowest BCUT2D eigenvalue weighted by molar-refractivity contribution is 0.828. The maximum absolute atomic E-state index is 7.14. The molecular weight excluding hydrogens is 562 g/mol. The van der Waals surface area contributed by atoms with Gasteiger partial charge in [0.1, 0.15) is 0 Å². The van der Waals surface area contributed by atoms with Crippen LogP contribution in [0.4, 0.5) is 5.69 Å². The van der Waals surface area contributed by atoms with Gasteiger partial charge in [-0.1, -0.05) is 133 Å². The Balaban J connectivity index is 1.47.